The lowest BCUT2D eigenvalue weighted by Crippen LogP contribution is -2.06. The van der Waals surface area contributed by atoms with Crippen LogP contribution in [0.5, 0.6) is 0 Å². The summed E-state index contributed by atoms with van der Waals surface area (Å²) < 4.78 is 2.15. The van der Waals surface area contributed by atoms with Crippen LogP contribution in [0.3, 0.4) is 0 Å². The predicted molar refractivity (Wildman–Crippen MR) is 89.0 cm³/mol. The van der Waals surface area contributed by atoms with E-state index < -0.39 is 0 Å². The van der Waals surface area contributed by atoms with Crippen molar-refractivity contribution in [3.8, 4) is 11.3 Å². The minimum absolute atomic E-state index is 0.541. The van der Waals surface area contributed by atoms with Crippen molar-refractivity contribution in [2.75, 3.05) is 5.73 Å². The van der Waals surface area contributed by atoms with E-state index in [9.17, 15) is 0 Å². The minimum Gasteiger partial charge on any atom is -0.383 e. The summed E-state index contributed by atoms with van der Waals surface area (Å²) in [6, 6.07) is 5.48. The van der Waals surface area contributed by atoms with E-state index in [2.05, 4.69) is 11.5 Å². The normalized spacial score (nSPS) is 14.6. The number of nitrogens with zero attached hydrogens (tertiary/aromatic N) is 2. The number of halogens is 2. The van der Waals surface area contributed by atoms with Crippen LogP contribution >= 0.6 is 23.2 Å². The van der Waals surface area contributed by atoms with Crippen molar-refractivity contribution in [3.63, 3.8) is 0 Å². The fraction of sp³-hybridized carbons (Fsp3) is 0.438. The number of unbranched alkanes of at least 4 members (excludes halogenated alkanes) is 1. The van der Waals surface area contributed by atoms with Crippen LogP contribution in [0.4, 0.5) is 5.82 Å². The Morgan fingerprint density at radius 3 is 2.52 bits per heavy atom. The topological polar surface area (TPSA) is 43.8 Å². The maximum atomic E-state index is 6.36. The highest BCUT2D eigenvalue weighted by Gasteiger charge is 2.31. The molecular formula is C16H19Cl2N3. The van der Waals surface area contributed by atoms with Crippen LogP contribution in [0.1, 0.15) is 44.3 Å². The van der Waals surface area contributed by atoms with E-state index in [0.717, 1.165) is 36.5 Å². The Morgan fingerprint density at radius 1 is 1.29 bits per heavy atom. The summed E-state index contributed by atoms with van der Waals surface area (Å²) >= 11 is 12.6. The molecule has 0 saturated heterocycles. The van der Waals surface area contributed by atoms with Crippen molar-refractivity contribution in [2.45, 2.75) is 45.1 Å². The first kappa shape index (κ1) is 14.7. The molecule has 0 aliphatic heterocycles. The summed E-state index contributed by atoms with van der Waals surface area (Å²) in [5, 5.41) is 1.19. The molecule has 21 heavy (non-hydrogen) atoms. The molecule has 112 valence electrons. The summed E-state index contributed by atoms with van der Waals surface area (Å²) in [5.74, 6) is 2.31. The van der Waals surface area contributed by atoms with Gasteiger partial charge in [0.15, 0.2) is 0 Å². The van der Waals surface area contributed by atoms with Crippen molar-refractivity contribution in [1.29, 1.82) is 0 Å². The van der Waals surface area contributed by atoms with Gasteiger partial charge in [0.05, 0.1) is 10.0 Å². The third-order valence-corrected chi connectivity index (χ3v) is 4.54. The van der Waals surface area contributed by atoms with Gasteiger partial charge in [0.25, 0.3) is 0 Å². The van der Waals surface area contributed by atoms with Crippen LogP contribution < -0.4 is 5.73 Å². The van der Waals surface area contributed by atoms with Gasteiger partial charge in [-0.2, -0.15) is 0 Å². The Bertz CT molecular complexity index is 640. The SMILES string of the molecule is CCCCn1c(C2CC2)nc(-c2c(Cl)cccc2Cl)c1N. The molecule has 1 aliphatic rings. The molecule has 0 bridgehead atoms. The first-order valence-electron chi connectivity index (χ1n) is 7.43. The molecular weight excluding hydrogens is 305 g/mol. The monoisotopic (exact) mass is 323 g/mol. The molecule has 1 aromatic heterocycles. The van der Waals surface area contributed by atoms with Crippen LogP contribution in [0, 0.1) is 0 Å². The molecule has 1 saturated carbocycles. The zero-order valence-electron chi connectivity index (χ0n) is 12.1. The van der Waals surface area contributed by atoms with E-state index in [0.29, 0.717) is 21.8 Å². The average Bonchev–Trinajstić information content (AvgIpc) is 3.24. The second-order valence-electron chi connectivity index (χ2n) is 5.58. The van der Waals surface area contributed by atoms with Crippen LogP contribution in [-0.4, -0.2) is 9.55 Å². The summed E-state index contributed by atoms with van der Waals surface area (Å²) in [5.41, 5.74) is 7.83. The minimum atomic E-state index is 0.541. The lowest BCUT2D eigenvalue weighted by Gasteiger charge is -2.09. The Labute approximate surface area is 135 Å². The molecule has 1 fully saturated rings. The number of benzene rings is 1. The third kappa shape index (κ3) is 2.77. The van der Waals surface area contributed by atoms with E-state index in [1.165, 1.54) is 12.8 Å². The van der Waals surface area contributed by atoms with E-state index in [-0.39, 0.29) is 0 Å². The zero-order chi connectivity index (χ0) is 15.0. The van der Waals surface area contributed by atoms with Crippen molar-refractivity contribution in [3.05, 3.63) is 34.1 Å². The number of anilines is 1. The molecule has 1 aliphatic carbocycles. The standard InChI is InChI=1S/C16H19Cl2N3/c1-2-3-9-21-15(19)14(20-16(21)10-7-8-10)13-11(17)5-4-6-12(13)18/h4-6,10H,2-3,7-9,19H2,1H3. The summed E-state index contributed by atoms with van der Waals surface area (Å²) in [6.45, 7) is 3.08. The smallest absolute Gasteiger partial charge is 0.131 e. The molecule has 3 nitrogen and oxygen atoms in total. The van der Waals surface area contributed by atoms with E-state index in [1.807, 2.05) is 18.2 Å². The number of imidazole rings is 1. The number of nitrogens with two attached hydrogens (primary N) is 1. The van der Waals surface area contributed by atoms with Crippen molar-refractivity contribution >= 4 is 29.0 Å². The van der Waals surface area contributed by atoms with Gasteiger partial charge in [-0.3, -0.25) is 0 Å². The van der Waals surface area contributed by atoms with Crippen molar-refractivity contribution in [1.82, 2.24) is 9.55 Å². The number of rotatable bonds is 5. The Hall–Kier alpha value is -1.19. The predicted octanol–water partition coefficient (Wildman–Crippen LogP) is 5.12. The lowest BCUT2D eigenvalue weighted by atomic mass is 10.1. The van der Waals surface area contributed by atoms with Gasteiger partial charge in [-0.05, 0) is 31.4 Å². The maximum Gasteiger partial charge on any atom is 0.131 e. The largest absolute Gasteiger partial charge is 0.383 e. The summed E-state index contributed by atoms with van der Waals surface area (Å²) in [4.78, 5) is 4.79. The fourth-order valence-electron chi connectivity index (χ4n) is 2.60. The van der Waals surface area contributed by atoms with Crippen LogP contribution in [0.15, 0.2) is 18.2 Å². The van der Waals surface area contributed by atoms with Gasteiger partial charge in [-0.15, -0.1) is 0 Å². The average molecular weight is 324 g/mol. The van der Waals surface area contributed by atoms with Crippen molar-refractivity contribution in [2.24, 2.45) is 0 Å². The zero-order valence-corrected chi connectivity index (χ0v) is 13.6. The Kier molecular flexibility index (Phi) is 4.14. The molecule has 1 heterocycles. The fourth-order valence-corrected chi connectivity index (χ4v) is 3.17. The quantitative estimate of drug-likeness (QED) is 0.830. The number of hydrogen-bond donors (Lipinski definition) is 1. The highest BCUT2D eigenvalue weighted by Crippen LogP contribution is 2.44. The Balaban J connectivity index is 2.11. The molecule has 5 heteroatoms. The van der Waals surface area contributed by atoms with Gasteiger partial charge in [0.1, 0.15) is 17.3 Å². The summed E-state index contributed by atoms with van der Waals surface area (Å²) in [7, 11) is 0. The highest BCUT2D eigenvalue weighted by atomic mass is 35.5. The first-order valence-corrected chi connectivity index (χ1v) is 8.19. The Morgan fingerprint density at radius 2 is 1.95 bits per heavy atom. The van der Waals surface area contributed by atoms with Gasteiger partial charge in [-0.1, -0.05) is 42.6 Å². The van der Waals surface area contributed by atoms with Gasteiger partial charge in [-0.25, -0.2) is 4.98 Å². The van der Waals surface area contributed by atoms with Crippen LogP contribution in [0.25, 0.3) is 11.3 Å². The molecule has 0 amide bonds. The second-order valence-corrected chi connectivity index (χ2v) is 6.39. The maximum absolute atomic E-state index is 6.36. The molecule has 0 radical (unpaired) electrons. The lowest BCUT2D eigenvalue weighted by molar-refractivity contribution is 0.609. The van der Waals surface area contributed by atoms with Crippen LogP contribution in [-0.2, 0) is 6.54 Å². The van der Waals surface area contributed by atoms with Gasteiger partial charge < -0.3 is 10.3 Å². The molecule has 0 spiro atoms. The molecule has 2 N–H and O–H groups in total. The van der Waals surface area contributed by atoms with Crippen molar-refractivity contribution < 1.29 is 0 Å². The number of nitrogen functional groups attached to an aromatic ring is 1. The molecule has 0 atom stereocenters. The van der Waals surface area contributed by atoms with Crippen LogP contribution in [0.2, 0.25) is 10.0 Å². The molecule has 2 aromatic rings. The number of aromatic nitrogens is 2. The first-order chi connectivity index (χ1) is 10.1. The summed E-state index contributed by atoms with van der Waals surface area (Å²) in [6.07, 6.45) is 4.61. The highest BCUT2D eigenvalue weighted by molar-refractivity contribution is 6.39. The van der Waals surface area contributed by atoms with E-state index in [4.69, 9.17) is 33.9 Å². The molecule has 1 aromatic carbocycles. The van der Waals surface area contributed by atoms with E-state index >= 15 is 0 Å². The number of hydrogen-bond acceptors (Lipinski definition) is 2. The van der Waals surface area contributed by atoms with E-state index in [1.54, 1.807) is 0 Å². The van der Waals surface area contributed by atoms with Gasteiger partial charge in [0.2, 0.25) is 0 Å². The molecule has 3 rings (SSSR count). The third-order valence-electron chi connectivity index (χ3n) is 3.91. The van der Waals surface area contributed by atoms with Gasteiger partial charge >= 0.3 is 0 Å². The molecule has 0 unspecified atom stereocenters. The van der Waals surface area contributed by atoms with Gasteiger partial charge in [0, 0.05) is 18.0 Å². The second kappa shape index (κ2) is 5.90.